The van der Waals surface area contributed by atoms with Gasteiger partial charge in [-0.1, -0.05) is 29.5 Å². The first-order valence-corrected chi connectivity index (χ1v) is 11.0. The van der Waals surface area contributed by atoms with E-state index < -0.39 is 0 Å². The number of fused-ring (bicyclic) bond motifs is 2. The average Bonchev–Trinajstić information content (AvgIpc) is 3.38. The fraction of sp³-hybridized carbons (Fsp3) is 0.174. The SMILES string of the molecule is Cc1c(C(=O)Nc2nc3ccccc3s2)oc2c1/C(=N/NC(=O)c1ccccn1)CCC2. The van der Waals surface area contributed by atoms with E-state index in [9.17, 15) is 9.59 Å². The lowest BCUT2D eigenvalue weighted by atomic mass is 9.93. The van der Waals surface area contributed by atoms with Crippen LogP contribution in [0.4, 0.5) is 5.13 Å². The molecule has 9 heteroatoms. The molecule has 2 amide bonds. The van der Waals surface area contributed by atoms with Crippen LogP contribution in [0.5, 0.6) is 0 Å². The molecule has 1 aliphatic rings. The molecule has 5 rings (SSSR count). The summed E-state index contributed by atoms with van der Waals surface area (Å²) in [5, 5.41) is 7.68. The van der Waals surface area contributed by atoms with E-state index in [2.05, 4.69) is 25.8 Å². The number of hydrazone groups is 1. The van der Waals surface area contributed by atoms with Crippen LogP contribution in [0.1, 0.15) is 50.8 Å². The zero-order valence-electron chi connectivity index (χ0n) is 17.2. The van der Waals surface area contributed by atoms with Crippen LogP contribution in [0.2, 0.25) is 0 Å². The summed E-state index contributed by atoms with van der Waals surface area (Å²) in [5.41, 5.74) is 5.86. The summed E-state index contributed by atoms with van der Waals surface area (Å²) in [6.45, 7) is 1.83. The van der Waals surface area contributed by atoms with Gasteiger partial charge < -0.3 is 4.42 Å². The highest BCUT2D eigenvalue weighted by atomic mass is 32.1. The molecule has 2 N–H and O–H groups in total. The number of hydrogen-bond acceptors (Lipinski definition) is 7. The lowest BCUT2D eigenvalue weighted by Crippen LogP contribution is -2.22. The third kappa shape index (κ3) is 3.78. The number of anilines is 1. The third-order valence-electron chi connectivity index (χ3n) is 5.24. The van der Waals surface area contributed by atoms with Gasteiger partial charge in [0.1, 0.15) is 11.5 Å². The molecule has 0 radical (unpaired) electrons. The van der Waals surface area contributed by atoms with Crippen molar-refractivity contribution in [3.63, 3.8) is 0 Å². The fourth-order valence-corrected chi connectivity index (χ4v) is 4.61. The van der Waals surface area contributed by atoms with E-state index in [-0.39, 0.29) is 23.3 Å². The van der Waals surface area contributed by atoms with Crippen molar-refractivity contribution in [2.45, 2.75) is 26.2 Å². The topological polar surface area (TPSA) is 109 Å². The summed E-state index contributed by atoms with van der Waals surface area (Å²) < 4.78 is 6.92. The molecule has 0 bridgehead atoms. The highest BCUT2D eigenvalue weighted by molar-refractivity contribution is 7.22. The number of thiazole rings is 1. The normalized spacial score (nSPS) is 14.3. The van der Waals surface area contributed by atoms with Gasteiger partial charge in [0.2, 0.25) is 0 Å². The Bertz CT molecular complexity index is 1320. The number of aromatic nitrogens is 2. The summed E-state index contributed by atoms with van der Waals surface area (Å²) in [6, 6.07) is 12.8. The molecule has 3 aromatic heterocycles. The predicted molar refractivity (Wildman–Crippen MR) is 122 cm³/mol. The summed E-state index contributed by atoms with van der Waals surface area (Å²) in [5.74, 6) is 0.196. The number of amides is 2. The molecule has 1 aromatic carbocycles. The molecule has 0 spiro atoms. The second-order valence-electron chi connectivity index (χ2n) is 7.36. The maximum atomic E-state index is 12.9. The van der Waals surface area contributed by atoms with E-state index >= 15 is 0 Å². The van der Waals surface area contributed by atoms with E-state index in [1.165, 1.54) is 11.3 Å². The van der Waals surface area contributed by atoms with Gasteiger partial charge in [-0.2, -0.15) is 5.10 Å². The molecule has 0 aliphatic heterocycles. The monoisotopic (exact) mass is 445 g/mol. The lowest BCUT2D eigenvalue weighted by Gasteiger charge is -2.13. The van der Waals surface area contributed by atoms with Gasteiger partial charge in [-0.3, -0.25) is 19.9 Å². The van der Waals surface area contributed by atoms with Crippen molar-refractivity contribution in [2.75, 3.05) is 5.32 Å². The van der Waals surface area contributed by atoms with Crippen molar-refractivity contribution < 1.29 is 14.0 Å². The summed E-state index contributed by atoms with van der Waals surface area (Å²) in [6.07, 6.45) is 3.75. The Balaban J connectivity index is 1.39. The summed E-state index contributed by atoms with van der Waals surface area (Å²) >= 11 is 1.41. The Morgan fingerprint density at radius 1 is 1.09 bits per heavy atom. The van der Waals surface area contributed by atoms with Crippen LogP contribution in [-0.4, -0.2) is 27.5 Å². The molecule has 0 atom stereocenters. The second-order valence-corrected chi connectivity index (χ2v) is 8.39. The number of pyridine rings is 1. The van der Waals surface area contributed by atoms with E-state index in [1.807, 2.05) is 31.2 Å². The van der Waals surface area contributed by atoms with Crippen LogP contribution in [0.25, 0.3) is 10.2 Å². The first-order valence-electron chi connectivity index (χ1n) is 10.2. The Morgan fingerprint density at radius 3 is 2.75 bits per heavy atom. The quantitative estimate of drug-likeness (QED) is 0.455. The first-order chi connectivity index (χ1) is 15.6. The van der Waals surface area contributed by atoms with Crippen molar-refractivity contribution in [1.82, 2.24) is 15.4 Å². The van der Waals surface area contributed by atoms with Crippen molar-refractivity contribution >= 4 is 44.2 Å². The number of carbonyl (C=O) groups excluding carboxylic acids is 2. The highest BCUT2D eigenvalue weighted by Gasteiger charge is 2.28. The zero-order chi connectivity index (χ0) is 22.1. The van der Waals surface area contributed by atoms with Crippen LogP contribution in [0.3, 0.4) is 0 Å². The number of rotatable bonds is 4. The number of nitrogens with one attached hydrogen (secondary N) is 2. The summed E-state index contributed by atoms with van der Waals surface area (Å²) in [4.78, 5) is 33.7. The Morgan fingerprint density at radius 2 is 1.94 bits per heavy atom. The number of benzene rings is 1. The predicted octanol–water partition coefficient (Wildman–Crippen LogP) is 4.32. The number of nitrogens with zero attached hydrogens (tertiary/aromatic N) is 3. The fourth-order valence-electron chi connectivity index (χ4n) is 3.75. The van der Waals surface area contributed by atoms with E-state index in [0.717, 1.165) is 22.2 Å². The van der Waals surface area contributed by atoms with Gasteiger partial charge in [0.05, 0.1) is 15.9 Å². The van der Waals surface area contributed by atoms with Gasteiger partial charge in [-0.25, -0.2) is 10.4 Å². The van der Waals surface area contributed by atoms with Gasteiger partial charge in [0.25, 0.3) is 11.8 Å². The Hall–Kier alpha value is -3.85. The second kappa shape index (κ2) is 8.35. The minimum absolute atomic E-state index is 0.236. The molecule has 4 aromatic rings. The smallest absolute Gasteiger partial charge is 0.293 e. The zero-order valence-corrected chi connectivity index (χ0v) is 18.0. The van der Waals surface area contributed by atoms with Gasteiger partial charge in [-0.15, -0.1) is 0 Å². The molecule has 3 heterocycles. The van der Waals surface area contributed by atoms with Gasteiger partial charge in [0, 0.05) is 23.7 Å². The maximum absolute atomic E-state index is 12.9. The molecule has 1 aliphatic carbocycles. The molecule has 0 saturated heterocycles. The van der Waals surface area contributed by atoms with Crippen LogP contribution >= 0.6 is 11.3 Å². The number of carbonyl (C=O) groups is 2. The van der Waals surface area contributed by atoms with Crippen molar-refractivity contribution in [1.29, 1.82) is 0 Å². The third-order valence-corrected chi connectivity index (χ3v) is 6.19. The Kier molecular flexibility index (Phi) is 5.24. The number of para-hydroxylation sites is 1. The van der Waals surface area contributed by atoms with Crippen LogP contribution in [-0.2, 0) is 6.42 Å². The van der Waals surface area contributed by atoms with E-state index in [1.54, 1.807) is 24.4 Å². The minimum atomic E-state index is -0.389. The van der Waals surface area contributed by atoms with Crippen molar-refractivity contribution in [3.8, 4) is 0 Å². The molecule has 0 fully saturated rings. The molecule has 160 valence electrons. The average molecular weight is 446 g/mol. The molecule has 8 nitrogen and oxygen atoms in total. The molecular weight excluding hydrogens is 426 g/mol. The van der Waals surface area contributed by atoms with Crippen LogP contribution in [0, 0.1) is 6.92 Å². The molecule has 32 heavy (non-hydrogen) atoms. The largest absolute Gasteiger partial charge is 0.455 e. The van der Waals surface area contributed by atoms with E-state index in [4.69, 9.17) is 4.42 Å². The standard InChI is InChI=1S/C23H19N5O3S/c1-13-19-15(27-28-21(29)16-8-4-5-12-24-16)9-6-10-17(19)31-20(13)22(30)26-23-25-14-7-2-3-11-18(14)32-23/h2-5,7-8,11-12H,6,9-10H2,1H3,(H,28,29)(H,25,26,30)/b27-15+. The molecule has 0 unspecified atom stereocenters. The maximum Gasteiger partial charge on any atom is 0.293 e. The van der Waals surface area contributed by atoms with Crippen LogP contribution < -0.4 is 10.7 Å². The number of furan rings is 1. The van der Waals surface area contributed by atoms with Crippen molar-refractivity contribution in [3.05, 3.63) is 77.0 Å². The number of aryl methyl sites for hydroxylation is 1. The molecular formula is C23H19N5O3S. The minimum Gasteiger partial charge on any atom is -0.455 e. The van der Waals surface area contributed by atoms with Gasteiger partial charge in [0.15, 0.2) is 10.9 Å². The highest BCUT2D eigenvalue weighted by Crippen LogP contribution is 2.31. The number of hydrogen-bond donors (Lipinski definition) is 2. The van der Waals surface area contributed by atoms with Gasteiger partial charge >= 0.3 is 0 Å². The first kappa shape index (κ1) is 20.1. The molecule has 0 saturated carbocycles. The van der Waals surface area contributed by atoms with Gasteiger partial charge in [-0.05, 0) is 44.0 Å². The summed E-state index contributed by atoms with van der Waals surface area (Å²) in [7, 11) is 0. The lowest BCUT2D eigenvalue weighted by molar-refractivity contribution is 0.0948. The Labute approximate surface area is 187 Å². The van der Waals surface area contributed by atoms with Crippen molar-refractivity contribution in [2.24, 2.45) is 5.10 Å². The van der Waals surface area contributed by atoms with Crippen LogP contribution in [0.15, 0.2) is 58.2 Å². The van der Waals surface area contributed by atoms with E-state index in [0.29, 0.717) is 35.0 Å².